The van der Waals surface area contributed by atoms with Gasteiger partial charge in [0.25, 0.3) is 0 Å². The Morgan fingerprint density at radius 2 is 1.90 bits per heavy atom. The van der Waals surface area contributed by atoms with Gasteiger partial charge in [-0.3, -0.25) is 4.98 Å². The monoisotopic (exact) mass is 566 g/mol. The maximum absolute atomic E-state index is 15.1. The van der Waals surface area contributed by atoms with Crippen LogP contribution in [0.4, 0.5) is 30.9 Å². The second kappa shape index (κ2) is 10.9. The lowest BCUT2D eigenvalue weighted by atomic mass is 9.90. The Morgan fingerprint density at radius 1 is 1.17 bits per heavy atom. The average Bonchev–Trinajstić information content (AvgIpc) is 3.31. The van der Waals surface area contributed by atoms with Gasteiger partial charge in [0.15, 0.2) is 0 Å². The summed E-state index contributed by atoms with van der Waals surface area (Å²) in [5.41, 5.74) is 6.93. The number of ether oxygens (including phenoxy) is 1. The average molecular weight is 567 g/mol. The molecule has 216 valence electrons. The zero-order valence-corrected chi connectivity index (χ0v) is 23.1. The van der Waals surface area contributed by atoms with Crippen LogP contribution in [0.1, 0.15) is 26.3 Å². The first-order chi connectivity index (χ1) is 19.5. The van der Waals surface area contributed by atoms with Gasteiger partial charge in [-0.05, 0) is 55.7 Å². The van der Waals surface area contributed by atoms with Gasteiger partial charge in [0.1, 0.15) is 11.6 Å². The molecular weight excluding hydrogens is 534 g/mol. The molecule has 11 nitrogen and oxygen atoms in total. The van der Waals surface area contributed by atoms with Gasteiger partial charge in [-0.15, -0.1) is 0 Å². The van der Waals surface area contributed by atoms with Crippen molar-refractivity contribution in [3.8, 4) is 11.3 Å². The molecule has 0 bridgehead atoms. The fraction of sp³-hybridized carbons (Fsp3) is 0.357. The molecule has 41 heavy (non-hydrogen) atoms. The van der Waals surface area contributed by atoms with E-state index in [0.717, 1.165) is 17.8 Å². The lowest BCUT2D eigenvalue weighted by Crippen LogP contribution is -2.62. The second-order valence-electron chi connectivity index (χ2n) is 10.7. The predicted octanol–water partition coefficient (Wildman–Crippen LogP) is 3.55. The van der Waals surface area contributed by atoms with E-state index in [1.807, 2.05) is 13.0 Å². The maximum Gasteiger partial charge on any atom is 0.407 e. The molecule has 0 spiro atoms. The number of piperidine rings is 1. The van der Waals surface area contributed by atoms with E-state index in [4.69, 9.17) is 10.5 Å². The Bertz CT molecular complexity index is 1550. The van der Waals surface area contributed by atoms with Gasteiger partial charge in [0, 0.05) is 25.3 Å². The van der Waals surface area contributed by atoms with Crippen LogP contribution in [0.5, 0.6) is 0 Å². The van der Waals surface area contributed by atoms with Crippen molar-refractivity contribution in [2.75, 3.05) is 30.4 Å². The van der Waals surface area contributed by atoms with Crippen molar-refractivity contribution in [2.45, 2.75) is 38.5 Å². The third-order valence-corrected chi connectivity index (χ3v) is 7.26. The number of aromatic nitrogens is 4. The van der Waals surface area contributed by atoms with Crippen molar-refractivity contribution >= 4 is 28.9 Å². The molecule has 5 N–H and O–H groups in total. The van der Waals surface area contributed by atoms with Crippen LogP contribution >= 0.6 is 0 Å². The zero-order valence-electron chi connectivity index (χ0n) is 23.1. The summed E-state index contributed by atoms with van der Waals surface area (Å²) in [4.78, 5) is 22.5. The Labute approximate surface area is 235 Å². The van der Waals surface area contributed by atoms with Crippen LogP contribution in [0.2, 0.25) is 0 Å². The number of benzene rings is 1. The number of methoxy groups -OCH3 is 1. The highest BCUT2D eigenvalue weighted by molar-refractivity contribution is 5.74. The molecule has 13 heteroatoms. The first-order valence-corrected chi connectivity index (χ1v) is 13.1. The summed E-state index contributed by atoms with van der Waals surface area (Å²) in [6.07, 6.45) is 4.37. The van der Waals surface area contributed by atoms with Crippen molar-refractivity contribution in [3.63, 3.8) is 0 Å². The first-order valence-electron chi connectivity index (χ1n) is 13.1. The summed E-state index contributed by atoms with van der Waals surface area (Å²) in [5.74, 6) is -1.35. The summed E-state index contributed by atoms with van der Waals surface area (Å²) < 4.78 is 36.3. The summed E-state index contributed by atoms with van der Waals surface area (Å²) >= 11 is 0. The Kier molecular flexibility index (Phi) is 7.49. The number of fused-ring (bicyclic) bond motifs is 1. The van der Waals surface area contributed by atoms with Gasteiger partial charge < -0.3 is 31.1 Å². The van der Waals surface area contributed by atoms with Gasteiger partial charge in [0.05, 0.1) is 59.3 Å². The van der Waals surface area contributed by atoms with E-state index in [-0.39, 0.29) is 34.8 Å². The number of aliphatic hydroxyl groups is 1. The molecule has 0 aliphatic carbocycles. The summed E-state index contributed by atoms with van der Waals surface area (Å²) in [6.45, 7) is 5.97. The maximum atomic E-state index is 15.1. The standard InChI is InChI=1S/C28H32F2N8O3/c1-15-13-37(14-20(31)25(15)35-27(39)41-4)23-7-8-32-12-22(23)34-26-33-11-17-5-6-21(36-38(17)26)24-18(29)9-16(10-19(24)30)28(2,3)40/h5-12,15,20,25,40H,13-14,31H2,1-4H3,(H,33,34)(H,35,39). The van der Waals surface area contributed by atoms with Gasteiger partial charge >= 0.3 is 6.09 Å². The summed E-state index contributed by atoms with van der Waals surface area (Å²) in [7, 11) is 1.31. The van der Waals surface area contributed by atoms with Crippen LogP contribution < -0.4 is 21.3 Å². The van der Waals surface area contributed by atoms with Crippen molar-refractivity contribution in [1.29, 1.82) is 0 Å². The van der Waals surface area contributed by atoms with Crippen molar-refractivity contribution < 1.29 is 23.4 Å². The number of amides is 1. The number of nitrogens with zero attached hydrogens (tertiary/aromatic N) is 5. The smallest absolute Gasteiger partial charge is 0.407 e. The molecule has 1 aromatic carbocycles. The first kappa shape index (κ1) is 28.2. The number of nitrogens with one attached hydrogen (secondary N) is 2. The Balaban J connectivity index is 1.44. The number of nitrogens with two attached hydrogens (primary N) is 1. The molecule has 4 heterocycles. The van der Waals surface area contributed by atoms with Crippen molar-refractivity contribution in [2.24, 2.45) is 11.7 Å². The van der Waals surface area contributed by atoms with E-state index in [1.54, 1.807) is 24.7 Å². The van der Waals surface area contributed by atoms with Crippen molar-refractivity contribution in [3.05, 3.63) is 66.1 Å². The van der Waals surface area contributed by atoms with Crippen molar-refractivity contribution in [1.82, 2.24) is 24.9 Å². The highest BCUT2D eigenvalue weighted by atomic mass is 19.1. The fourth-order valence-corrected chi connectivity index (χ4v) is 5.12. The van der Waals surface area contributed by atoms with Crippen LogP contribution in [0.3, 0.4) is 0 Å². The summed E-state index contributed by atoms with van der Waals surface area (Å²) in [5, 5.41) is 20.7. The molecule has 3 aromatic heterocycles. The van der Waals surface area contributed by atoms with E-state index < -0.39 is 23.3 Å². The quantitative estimate of drug-likeness (QED) is 0.276. The number of halogens is 2. The number of anilines is 3. The molecule has 5 rings (SSSR count). The molecule has 1 saturated heterocycles. The zero-order chi connectivity index (χ0) is 29.5. The van der Waals surface area contributed by atoms with Gasteiger partial charge in [-0.1, -0.05) is 6.92 Å². The number of rotatable bonds is 6. The van der Waals surface area contributed by atoms with E-state index in [2.05, 4.69) is 30.6 Å². The minimum atomic E-state index is -1.41. The van der Waals surface area contributed by atoms with Crippen LogP contribution in [-0.2, 0) is 10.3 Å². The van der Waals surface area contributed by atoms with Gasteiger partial charge in [-0.2, -0.15) is 9.61 Å². The molecule has 3 atom stereocenters. The molecule has 0 radical (unpaired) electrons. The molecule has 1 fully saturated rings. The summed E-state index contributed by atoms with van der Waals surface area (Å²) in [6, 6.07) is 6.62. The van der Waals surface area contributed by atoms with Crippen LogP contribution in [-0.4, -0.2) is 63.1 Å². The number of hydrogen-bond donors (Lipinski definition) is 4. The Morgan fingerprint density at radius 3 is 2.56 bits per heavy atom. The third kappa shape index (κ3) is 5.63. The van der Waals surface area contributed by atoms with Crippen LogP contribution in [0.15, 0.2) is 48.9 Å². The van der Waals surface area contributed by atoms with E-state index in [1.165, 1.54) is 31.5 Å². The lowest BCUT2D eigenvalue weighted by Gasteiger charge is -2.42. The SMILES string of the molecule is COC(=O)NC1C(C)CN(c2ccncc2Nc2ncc3ccc(-c4c(F)cc(C(C)(C)O)cc4F)nn23)CC1N. The van der Waals surface area contributed by atoms with Crippen LogP contribution in [0, 0.1) is 17.6 Å². The normalized spacial score (nSPS) is 19.3. The lowest BCUT2D eigenvalue weighted by molar-refractivity contribution is 0.0779. The largest absolute Gasteiger partial charge is 0.453 e. The highest BCUT2D eigenvalue weighted by Gasteiger charge is 2.34. The van der Waals surface area contributed by atoms with E-state index in [0.29, 0.717) is 30.2 Å². The fourth-order valence-electron chi connectivity index (χ4n) is 5.12. The molecule has 1 amide bonds. The van der Waals surface area contributed by atoms with Gasteiger partial charge in [-0.25, -0.2) is 18.6 Å². The molecule has 0 saturated carbocycles. The molecule has 4 aromatic rings. The number of pyridine rings is 1. The molecule has 3 unspecified atom stereocenters. The number of carbonyl (C=O) groups is 1. The Hall–Kier alpha value is -4.36. The molecule has 1 aliphatic rings. The minimum Gasteiger partial charge on any atom is -0.453 e. The van der Waals surface area contributed by atoms with E-state index in [9.17, 15) is 9.90 Å². The highest BCUT2D eigenvalue weighted by Crippen LogP contribution is 2.33. The van der Waals surface area contributed by atoms with Crippen LogP contribution in [0.25, 0.3) is 16.8 Å². The van der Waals surface area contributed by atoms with Gasteiger partial charge in [0.2, 0.25) is 5.95 Å². The second-order valence-corrected chi connectivity index (χ2v) is 10.7. The minimum absolute atomic E-state index is 0.0166. The number of carbonyl (C=O) groups excluding carboxylic acids is 1. The van der Waals surface area contributed by atoms with E-state index >= 15 is 8.78 Å². The number of imidazole rings is 1. The topological polar surface area (TPSA) is 143 Å². The predicted molar refractivity (Wildman–Crippen MR) is 150 cm³/mol. The third-order valence-electron chi connectivity index (χ3n) is 7.26. The number of alkyl carbamates (subject to hydrolysis) is 1. The number of hydrogen-bond acceptors (Lipinski definition) is 9. The molecular formula is C28H32F2N8O3. The molecule has 1 aliphatic heterocycles.